The molecule has 6 nitrogen and oxygen atoms in total. The molecule has 0 unspecified atom stereocenters. The molecule has 0 aliphatic carbocycles. The van der Waals surface area contributed by atoms with E-state index < -0.39 is 5.82 Å². The van der Waals surface area contributed by atoms with Crippen LogP contribution in [0, 0.1) is 5.82 Å². The summed E-state index contributed by atoms with van der Waals surface area (Å²) in [4.78, 5) is 16.3. The molecule has 1 aromatic heterocycles. The average molecular weight is 381 g/mol. The topological polar surface area (TPSA) is 72.5 Å². The van der Waals surface area contributed by atoms with E-state index in [0.29, 0.717) is 22.9 Å². The van der Waals surface area contributed by atoms with Crippen molar-refractivity contribution in [1.82, 2.24) is 4.98 Å². The zero-order valence-electron chi connectivity index (χ0n) is 15.5. The van der Waals surface area contributed by atoms with Gasteiger partial charge >= 0.3 is 0 Å². The highest BCUT2D eigenvalue weighted by Gasteiger charge is 2.09. The fourth-order valence-corrected chi connectivity index (χ4v) is 2.62. The Morgan fingerprint density at radius 3 is 2.43 bits per heavy atom. The highest BCUT2D eigenvalue weighted by Crippen LogP contribution is 2.31. The van der Waals surface area contributed by atoms with E-state index in [2.05, 4.69) is 15.6 Å². The lowest BCUT2D eigenvalue weighted by Crippen LogP contribution is -2.16. The molecule has 0 saturated heterocycles. The third kappa shape index (κ3) is 4.76. The lowest BCUT2D eigenvalue weighted by atomic mass is 10.1. The summed E-state index contributed by atoms with van der Waals surface area (Å²) in [5, 5.41) is 5.86. The number of carbonyl (C=O) groups excluding carboxylic acids is 1. The average Bonchev–Trinajstić information content (AvgIpc) is 2.71. The van der Waals surface area contributed by atoms with Gasteiger partial charge in [-0.2, -0.15) is 0 Å². The summed E-state index contributed by atoms with van der Waals surface area (Å²) in [6.07, 6.45) is 1.54. The first-order valence-corrected chi connectivity index (χ1v) is 8.57. The minimum atomic E-state index is -0.403. The van der Waals surface area contributed by atoms with Crippen molar-refractivity contribution in [3.05, 3.63) is 72.2 Å². The van der Waals surface area contributed by atoms with Crippen molar-refractivity contribution < 1.29 is 18.7 Å². The Labute approximate surface area is 162 Å². The van der Waals surface area contributed by atoms with E-state index >= 15 is 0 Å². The standard InChI is InChI=1S/C21H20FN3O3/c1-27-18-9-7-15(12-19(18)28-2)24-16-8-10-20(23-13-16)25-21(26)11-14-5-3-4-6-17(14)22/h3-10,12-13,24H,11H2,1-2H3,(H,23,25,26). The van der Waals surface area contributed by atoms with E-state index in [4.69, 9.17) is 9.47 Å². The number of pyridine rings is 1. The van der Waals surface area contributed by atoms with Gasteiger partial charge in [0.1, 0.15) is 11.6 Å². The Hall–Kier alpha value is -3.61. The molecule has 1 heterocycles. The Kier molecular flexibility index (Phi) is 6.06. The number of benzene rings is 2. The number of hydrogen-bond acceptors (Lipinski definition) is 5. The lowest BCUT2D eigenvalue weighted by Gasteiger charge is -2.11. The summed E-state index contributed by atoms with van der Waals surface area (Å²) in [6.45, 7) is 0. The molecule has 3 aromatic rings. The third-order valence-electron chi connectivity index (χ3n) is 4.01. The number of hydrogen-bond donors (Lipinski definition) is 2. The molecule has 0 bridgehead atoms. The third-order valence-corrected chi connectivity index (χ3v) is 4.01. The monoisotopic (exact) mass is 381 g/mol. The second-order valence-electron chi connectivity index (χ2n) is 5.94. The molecule has 28 heavy (non-hydrogen) atoms. The predicted octanol–water partition coefficient (Wildman–Crippen LogP) is 4.16. The summed E-state index contributed by atoms with van der Waals surface area (Å²) >= 11 is 0. The van der Waals surface area contributed by atoms with Crippen molar-refractivity contribution in [2.24, 2.45) is 0 Å². The normalized spacial score (nSPS) is 10.2. The second-order valence-corrected chi connectivity index (χ2v) is 5.94. The van der Waals surface area contributed by atoms with Crippen LogP contribution in [0.25, 0.3) is 0 Å². The Balaban J connectivity index is 1.62. The van der Waals surface area contributed by atoms with E-state index in [0.717, 1.165) is 11.4 Å². The Bertz CT molecular complexity index is 961. The molecule has 0 radical (unpaired) electrons. The minimum Gasteiger partial charge on any atom is -0.493 e. The van der Waals surface area contributed by atoms with Crippen LogP contribution in [0.5, 0.6) is 11.5 Å². The number of nitrogens with one attached hydrogen (secondary N) is 2. The van der Waals surface area contributed by atoms with Crippen LogP contribution in [0.1, 0.15) is 5.56 Å². The molecule has 0 saturated carbocycles. The van der Waals surface area contributed by atoms with Gasteiger partial charge in [0.15, 0.2) is 11.5 Å². The van der Waals surface area contributed by atoms with E-state index in [1.165, 1.54) is 6.07 Å². The lowest BCUT2D eigenvalue weighted by molar-refractivity contribution is -0.115. The smallest absolute Gasteiger partial charge is 0.230 e. The van der Waals surface area contributed by atoms with E-state index in [-0.39, 0.29) is 12.3 Å². The van der Waals surface area contributed by atoms with E-state index in [1.807, 2.05) is 12.1 Å². The molecule has 2 aromatic carbocycles. The summed E-state index contributed by atoms with van der Waals surface area (Å²) in [7, 11) is 3.15. The molecule has 2 N–H and O–H groups in total. The SMILES string of the molecule is COc1ccc(Nc2ccc(NC(=O)Cc3ccccc3F)nc2)cc1OC. The van der Waals surface area contributed by atoms with Crippen LogP contribution >= 0.6 is 0 Å². The second kappa shape index (κ2) is 8.85. The molecule has 0 spiro atoms. The number of amides is 1. The quantitative estimate of drug-likeness (QED) is 0.643. The fraction of sp³-hybridized carbons (Fsp3) is 0.143. The molecule has 1 amide bonds. The van der Waals surface area contributed by atoms with Gasteiger partial charge in [0.2, 0.25) is 5.91 Å². The number of halogens is 1. The van der Waals surface area contributed by atoms with Crippen LogP contribution in [-0.2, 0) is 11.2 Å². The summed E-state index contributed by atoms with van der Waals surface area (Å²) < 4.78 is 24.1. The minimum absolute atomic E-state index is 0.0556. The number of anilines is 3. The van der Waals surface area contributed by atoms with Gasteiger partial charge in [0.25, 0.3) is 0 Å². The van der Waals surface area contributed by atoms with Crippen LogP contribution < -0.4 is 20.1 Å². The molecular weight excluding hydrogens is 361 g/mol. The molecule has 3 rings (SSSR count). The molecule has 0 fully saturated rings. The van der Waals surface area contributed by atoms with E-state index in [9.17, 15) is 9.18 Å². The number of aromatic nitrogens is 1. The molecule has 7 heteroatoms. The van der Waals surface area contributed by atoms with Crippen LogP contribution in [-0.4, -0.2) is 25.1 Å². The maximum Gasteiger partial charge on any atom is 0.230 e. The molecular formula is C21H20FN3O3. The Morgan fingerprint density at radius 1 is 1.00 bits per heavy atom. The highest BCUT2D eigenvalue weighted by molar-refractivity contribution is 5.91. The van der Waals surface area contributed by atoms with Crippen LogP contribution in [0.3, 0.4) is 0 Å². The maximum atomic E-state index is 13.6. The van der Waals surface area contributed by atoms with Crippen LogP contribution in [0.4, 0.5) is 21.6 Å². The van der Waals surface area contributed by atoms with Crippen molar-refractivity contribution in [1.29, 1.82) is 0 Å². The van der Waals surface area contributed by atoms with Crippen molar-refractivity contribution >= 4 is 23.1 Å². The van der Waals surface area contributed by atoms with Gasteiger partial charge in [-0.25, -0.2) is 9.37 Å². The summed E-state index contributed by atoms with van der Waals surface area (Å²) in [6, 6.07) is 15.1. The van der Waals surface area contributed by atoms with Gasteiger partial charge in [0, 0.05) is 11.8 Å². The van der Waals surface area contributed by atoms with Gasteiger partial charge in [-0.15, -0.1) is 0 Å². The first kappa shape index (κ1) is 19.2. The number of methoxy groups -OCH3 is 2. The van der Waals surface area contributed by atoms with Crippen LogP contribution in [0.2, 0.25) is 0 Å². The molecule has 0 aliphatic heterocycles. The fourth-order valence-electron chi connectivity index (χ4n) is 2.62. The van der Waals surface area contributed by atoms with Gasteiger partial charge in [-0.3, -0.25) is 4.79 Å². The summed E-state index contributed by atoms with van der Waals surface area (Å²) in [5.74, 6) is 0.897. The molecule has 0 aliphatic rings. The van der Waals surface area contributed by atoms with Crippen LogP contribution in [0.15, 0.2) is 60.8 Å². The van der Waals surface area contributed by atoms with E-state index in [1.54, 1.807) is 56.8 Å². The number of rotatable bonds is 7. The van der Waals surface area contributed by atoms with Crippen molar-refractivity contribution in [2.45, 2.75) is 6.42 Å². The zero-order valence-corrected chi connectivity index (χ0v) is 15.5. The first-order valence-electron chi connectivity index (χ1n) is 8.57. The van der Waals surface area contributed by atoms with Crippen molar-refractivity contribution in [2.75, 3.05) is 24.9 Å². The first-order chi connectivity index (χ1) is 13.6. The van der Waals surface area contributed by atoms with Crippen molar-refractivity contribution in [3.63, 3.8) is 0 Å². The summed E-state index contributed by atoms with van der Waals surface area (Å²) in [5.41, 5.74) is 1.88. The predicted molar refractivity (Wildman–Crippen MR) is 106 cm³/mol. The van der Waals surface area contributed by atoms with Gasteiger partial charge in [-0.05, 0) is 35.9 Å². The zero-order chi connectivity index (χ0) is 19.9. The highest BCUT2D eigenvalue weighted by atomic mass is 19.1. The number of ether oxygens (including phenoxy) is 2. The van der Waals surface area contributed by atoms with Gasteiger partial charge < -0.3 is 20.1 Å². The van der Waals surface area contributed by atoms with Gasteiger partial charge in [0.05, 0.1) is 32.5 Å². The van der Waals surface area contributed by atoms with Crippen molar-refractivity contribution in [3.8, 4) is 11.5 Å². The van der Waals surface area contributed by atoms with Gasteiger partial charge in [-0.1, -0.05) is 18.2 Å². The molecule has 144 valence electrons. The largest absolute Gasteiger partial charge is 0.493 e. The number of carbonyl (C=O) groups is 1. The maximum absolute atomic E-state index is 13.6. The number of nitrogens with zero attached hydrogens (tertiary/aromatic N) is 1. The Morgan fingerprint density at radius 2 is 1.75 bits per heavy atom. The molecule has 0 atom stereocenters.